The molecule has 0 amide bonds. The number of rotatable bonds is 10. The summed E-state index contributed by atoms with van der Waals surface area (Å²) in [5.41, 5.74) is 0. The predicted molar refractivity (Wildman–Crippen MR) is 106 cm³/mol. The van der Waals surface area contributed by atoms with Crippen LogP contribution in [0.5, 0.6) is 0 Å². The fourth-order valence-corrected chi connectivity index (χ4v) is 1.70. The van der Waals surface area contributed by atoms with Gasteiger partial charge in [0.05, 0.1) is 0 Å². The Bertz CT molecular complexity index is 201. The second-order valence-electron chi connectivity index (χ2n) is 5.64. The van der Waals surface area contributed by atoms with Gasteiger partial charge in [-0.15, -0.1) is 0 Å². The average molecular weight is 444 g/mol. The Morgan fingerprint density at radius 1 is 0.680 bits per heavy atom. The number of nitrogens with zero attached hydrogens (tertiary/aromatic N) is 4. The number of hydrogen-bond acceptors (Lipinski definition) is 2. The van der Waals surface area contributed by atoms with Gasteiger partial charge in [-0.2, -0.15) is 27.2 Å². The molecule has 0 aliphatic carbocycles. The summed E-state index contributed by atoms with van der Waals surface area (Å²) >= 11 is 0. The van der Waals surface area contributed by atoms with Crippen molar-refractivity contribution in [1.29, 1.82) is 0 Å². The van der Waals surface area contributed by atoms with E-state index in [-0.39, 0.29) is 31.8 Å². The van der Waals surface area contributed by atoms with Gasteiger partial charge in [0, 0.05) is 0 Å². The fraction of sp³-hybridized carbons (Fsp3) is 0.889. The molecule has 0 aromatic heterocycles. The van der Waals surface area contributed by atoms with E-state index >= 15 is 0 Å². The summed E-state index contributed by atoms with van der Waals surface area (Å²) in [4.78, 5) is 15.5. The van der Waals surface area contributed by atoms with Crippen LogP contribution in [0.15, 0.2) is 0 Å². The Balaban J connectivity index is -0.0000000858. The largest absolute Gasteiger partial charge is 6.00 e. The molecule has 0 N–H and O–H groups in total. The van der Waals surface area contributed by atoms with Crippen LogP contribution >= 0.6 is 0 Å². The third-order valence-corrected chi connectivity index (χ3v) is 2.80. The van der Waals surface area contributed by atoms with Crippen molar-refractivity contribution in [2.24, 2.45) is 11.8 Å². The topological polar surface area (TPSA) is 90.5 Å². The van der Waals surface area contributed by atoms with Crippen LogP contribution in [0, 0.1) is 11.8 Å². The van der Waals surface area contributed by atoms with Crippen molar-refractivity contribution in [3.63, 3.8) is 0 Å². The van der Waals surface area contributed by atoms with Gasteiger partial charge in [0.1, 0.15) is 0 Å². The molecule has 0 aromatic rings. The first-order valence-corrected chi connectivity index (χ1v) is 8.42. The van der Waals surface area contributed by atoms with E-state index in [1.54, 1.807) is 0 Å². The molecule has 0 fully saturated rings. The summed E-state index contributed by atoms with van der Waals surface area (Å²) in [6.07, 6.45) is 2.69. The summed E-state index contributed by atoms with van der Waals surface area (Å²) in [6, 6.07) is 0. The van der Waals surface area contributed by atoms with Crippen LogP contribution in [0.2, 0.25) is 0 Å². The Hall–Kier alpha value is -0.197. The monoisotopic (exact) mass is 444 g/mol. The average Bonchev–Trinajstić information content (AvgIpc) is 2.60. The standard InChI is InChI=1S/2C8H18N2.2CHO.Ru/c2*1-5-6-10-8(9-4)7(2)3;2*1-2;/h2*7-8H,5-6H2,1-4H3;2*1H;/q2*-2;2*-1;+6. The summed E-state index contributed by atoms with van der Waals surface area (Å²) < 4.78 is 0. The van der Waals surface area contributed by atoms with E-state index in [4.69, 9.17) is 9.59 Å². The molecule has 0 aliphatic rings. The van der Waals surface area contributed by atoms with Gasteiger partial charge in [-0.3, -0.25) is 13.6 Å². The maximum absolute atomic E-state index is 7.75. The van der Waals surface area contributed by atoms with Gasteiger partial charge in [-0.25, -0.2) is 12.3 Å². The molecule has 0 spiro atoms. The molecule has 0 aliphatic heterocycles. The zero-order chi connectivity index (χ0) is 20.0. The molecule has 0 saturated carbocycles. The maximum atomic E-state index is 7.75. The molecule has 7 heteroatoms. The van der Waals surface area contributed by atoms with Gasteiger partial charge < -0.3 is 30.9 Å². The zero-order valence-corrected chi connectivity index (χ0v) is 19.0. The van der Waals surface area contributed by atoms with Crippen LogP contribution < -0.4 is 0 Å². The van der Waals surface area contributed by atoms with E-state index in [1.165, 1.54) is 0 Å². The second kappa shape index (κ2) is 31.6. The molecule has 0 heterocycles. The van der Waals surface area contributed by atoms with Crippen molar-refractivity contribution in [1.82, 2.24) is 0 Å². The molecule has 2 atom stereocenters. The van der Waals surface area contributed by atoms with Gasteiger partial charge >= 0.3 is 19.5 Å². The molecule has 150 valence electrons. The molecule has 6 nitrogen and oxygen atoms in total. The van der Waals surface area contributed by atoms with Crippen molar-refractivity contribution in [3.8, 4) is 0 Å². The SMILES string of the molecule is CCC[N-]C([N-]C)C(C)C.CCC[N-]C([N-]C)C(C)C.[CH-]=O.[CH-]=O.[Ru+6]. The minimum Gasteiger partial charge on any atom is -0.680 e. The Morgan fingerprint density at radius 2 is 0.920 bits per heavy atom. The first kappa shape index (κ1) is 35.8. The van der Waals surface area contributed by atoms with Crippen LogP contribution in [0.4, 0.5) is 0 Å². The fourth-order valence-electron chi connectivity index (χ4n) is 1.70. The smallest absolute Gasteiger partial charge is 0.680 e. The first-order chi connectivity index (χ1) is 11.4. The summed E-state index contributed by atoms with van der Waals surface area (Å²) in [7, 11) is 3.67. The summed E-state index contributed by atoms with van der Waals surface area (Å²) in [5, 5.41) is 17.1. The molecular weight excluding hydrogens is 405 g/mol. The van der Waals surface area contributed by atoms with Crippen molar-refractivity contribution in [2.45, 2.75) is 66.7 Å². The maximum Gasteiger partial charge on any atom is 6.00 e. The number of carbonyl (C=O) groups excluding carboxylic acids is 2. The zero-order valence-electron chi connectivity index (χ0n) is 17.3. The van der Waals surface area contributed by atoms with E-state index < -0.39 is 0 Å². The minimum absolute atomic E-state index is 0. The molecule has 0 rings (SSSR count). The van der Waals surface area contributed by atoms with Crippen LogP contribution in [0.3, 0.4) is 0 Å². The van der Waals surface area contributed by atoms with Crippen molar-refractivity contribution in [2.75, 3.05) is 27.2 Å². The van der Waals surface area contributed by atoms with E-state index in [2.05, 4.69) is 76.4 Å². The minimum atomic E-state index is 0. The van der Waals surface area contributed by atoms with Crippen LogP contribution in [-0.2, 0) is 29.1 Å². The molecule has 0 radical (unpaired) electrons. The quantitative estimate of drug-likeness (QED) is 0.271. The van der Waals surface area contributed by atoms with Gasteiger partial charge in [0.2, 0.25) is 0 Å². The first-order valence-electron chi connectivity index (χ1n) is 8.42. The Morgan fingerprint density at radius 3 is 1.04 bits per heavy atom. The van der Waals surface area contributed by atoms with Crippen molar-refractivity contribution in [3.05, 3.63) is 21.3 Å². The second-order valence-corrected chi connectivity index (χ2v) is 5.64. The Labute approximate surface area is 169 Å². The molecular formula is C18H38N4O2Ru. The Kier molecular flexibility index (Phi) is 45.2. The summed E-state index contributed by atoms with van der Waals surface area (Å²) in [6.45, 7) is 21.3. The normalized spacial score (nSPS) is 11.6. The van der Waals surface area contributed by atoms with E-state index in [9.17, 15) is 0 Å². The molecule has 0 saturated heterocycles. The summed E-state index contributed by atoms with van der Waals surface area (Å²) in [5.74, 6) is 1.10. The molecule has 25 heavy (non-hydrogen) atoms. The predicted octanol–water partition coefficient (Wildman–Crippen LogP) is 4.96. The number of hydrogen-bond donors (Lipinski definition) is 0. The molecule has 0 aromatic carbocycles. The van der Waals surface area contributed by atoms with Gasteiger partial charge in [0.25, 0.3) is 0 Å². The molecule has 0 bridgehead atoms. The third-order valence-electron chi connectivity index (χ3n) is 2.80. The molecule has 2 unspecified atom stereocenters. The van der Waals surface area contributed by atoms with Crippen LogP contribution in [0.1, 0.15) is 54.4 Å². The van der Waals surface area contributed by atoms with Crippen LogP contribution in [0.25, 0.3) is 21.3 Å². The van der Waals surface area contributed by atoms with E-state index in [1.807, 2.05) is 14.1 Å². The van der Waals surface area contributed by atoms with Gasteiger partial charge in [-0.1, -0.05) is 66.2 Å². The van der Waals surface area contributed by atoms with Gasteiger partial charge in [0.15, 0.2) is 0 Å². The van der Waals surface area contributed by atoms with Crippen molar-refractivity contribution < 1.29 is 29.1 Å². The van der Waals surface area contributed by atoms with E-state index in [0.29, 0.717) is 11.8 Å². The van der Waals surface area contributed by atoms with Crippen molar-refractivity contribution >= 4 is 13.6 Å². The van der Waals surface area contributed by atoms with E-state index in [0.717, 1.165) is 25.9 Å². The van der Waals surface area contributed by atoms with Crippen LogP contribution in [-0.4, -0.2) is 53.1 Å². The van der Waals surface area contributed by atoms with Gasteiger partial charge in [-0.05, 0) is 0 Å². The third kappa shape index (κ3) is 28.9.